The van der Waals surface area contributed by atoms with Crippen LogP contribution in [0.25, 0.3) is 0 Å². The fourth-order valence-electron chi connectivity index (χ4n) is 1.67. The van der Waals surface area contributed by atoms with Gasteiger partial charge in [-0.05, 0) is 25.3 Å². The average Bonchev–Trinajstić information content (AvgIpc) is 2.19. The molecule has 0 rings (SSSR count). The Morgan fingerprint density at radius 3 is 2.50 bits per heavy atom. The van der Waals surface area contributed by atoms with E-state index in [9.17, 15) is 0 Å². The molecule has 0 saturated carbocycles. The van der Waals surface area contributed by atoms with Gasteiger partial charge in [0.2, 0.25) is 0 Å². The molecule has 4 nitrogen and oxygen atoms in total. The highest BCUT2D eigenvalue weighted by Crippen LogP contribution is 2.02. The van der Waals surface area contributed by atoms with Crippen molar-refractivity contribution in [3.05, 3.63) is 0 Å². The third-order valence-corrected chi connectivity index (χ3v) is 2.39. The van der Waals surface area contributed by atoms with E-state index in [4.69, 9.17) is 15.9 Å². The number of ether oxygens (including phenoxy) is 1. The van der Waals surface area contributed by atoms with Gasteiger partial charge < -0.3 is 15.4 Å². The molecule has 96 valence electrons. The van der Waals surface area contributed by atoms with Gasteiger partial charge in [0.05, 0.1) is 5.84 Å². The molecular weight excluding hydrogens is 202 g/mol. The van der Waals surface area contributed by atoms with Crippen molar-refractivity contribution in [1.82, 2.24) is 4.90 Å². The largest absolute Gasteiger partial charge is 0.388 e. The van der Waals surface area contributed by atoms with E-state index in [1.54, 1.807) is 7.11 Å². The first-order chi connectivity index (χ1) is 7.56. The molecule has 0 aliphatic rings. The van der Waals surface area contributed by atoms with Crippen LogP contribution in [0.4, 0.5) is 0 Å². The van der Waals surface area contributed by atoms with Crippen LogP contribution in [-0.4, -0.2) is 44.1 Å². The van der Waals surface area contributed by atoms with Gasteiger partial charge >= 0.3 is 0 Å². The van der Waals surface area contributed by atoms with E-state index in [0.29, 0.717) is 12.3 Å². The Bertz CT molecular complexity index is 183. The van der Waals surface area contributed by atoms with E-state index >= 15 is 0 Å². The Morgan fingerprint density at radius 1 is 1.31 bits per heavy atom. The second kappa shape index (κ2) is 9.60. The third kappa shape index (κ3) is 9.93. The molecule has 0 fully saturated rings. The number of nitrogens with one attached hydrogen (secondary N) is 1. The minimum atomic E-state index is 0.283. The summed E-state index contributed by atoms with van der Waals surface area (Å²) < 4.78 is 5.03. The van der Waals surface area contributed by atoms with Gasteiger partial charge in [0.25, 0.3) is 0 Å². The van der Waals surface area contributed by atoms with Crippen LogP contribution in [0.2, 0.25) is 0 Å². The van der Waals surface area contributed by atoms with Gasteiger partial charge in [-0.3, -0.25) is 5.41 Å². The molecule has 0 amide bonds. The summed E-state index contributed by atoms with van der Waals surface area (Å²) in [7, 11) is 1.74. The number of nitrogens with two attached hydrogens (primary N) is 1. The number of nitrogens with zero attached hydrogens (tertiary/aromatic N) is 1. The Balaban J connectivity index is 3.76. The maximum absolute atomic E-state index is 7.24. The van der Waals surface area contributed by atoms with Gasteiger partial charge in [0, 0.05) is 33.2 Å². The number of rotatable bonds is 10. The van der Waals surface area contributed by atoms with Crippen molar-refractivity contribution in [2.45, 2.75) is 33.1 Å². The van der Waals surface area contributed by atoms with Crippen molar-refractivity contribution in [3.8, 4) is 0 Å². The molecule has 0 atom stereocenters. The number of hydrogen-bond donors (Lipinski definition) is 2. The zero-order valence-corrected chi connectivity index (χ0v) is 11.0. The smallest absolute Gasteiger partial charge is 0.0918 e. The fourth-order valence-corrected chi connectivity index (χ4v) is 1.67. The van der Waals surface area contributed by atoms with Gasteiger partial charge in [0.1, 0.15) is 0 Å². The first-order valence-corrected chi connectivity index (χ1v) is 6.10. The van der Waals surface area contributed by atoms with Crippen LogP contribution in [0.5, 0.6) is 0 Å². The normalized spacial score (nSPS) is 11.3. The van der Waals surface area contributed by atoms with Crippen molar-refractivity contribution in [2.24, 2.45) is 11.7 Å². The van der Waals surface area contributed by atoms with Crippen molar-refractivity contribution in [2.75, 3.05) is 33.4 Å². The van der Waals surface area contributed by atoms with Crippen molar-refractivity contribution < 1.29 is 4.74 Å². The van der Waals surface area contributed by atoms with Crippen LogP contribution in [0.3, 0.4) is 0 Å². The molecule has 0 heterocycles. The lowest BCUT2D eigenvalue weighted by Gasteiger charge is -2.23. The van der Waals surface area contributed by atoms with Crippen LogP contribution < -0.4 is 5.73 Å². The molecular formula is C12H27N3O. The molecule has 4 heteroatoms. The lowest BCUT2D eigenvalue weighted by atomic mass is 10.2. The summed E-state index contributed by atoms with van der Waals surface area (Å²) in [6, 6.07) is 0. The van der Waals surface area contributed by atoms with Crippen LogP contribution in [-0.2, 0) is 4.74 Å². The SMILES string of the molecule is COCCCCN(CCC(=N)N)CC(C)C. The van der Waals surface area contributed by atoms with Crippen molar-refractivity contribution in [1.29, 1.82) is 5.41 Å². The second-order valence-corrected chi connectivity index (χ2v) is 4.67. The summed E-state index contributed by atoms with van der Waals surface area (Å²) in [5.41, 5.74) is 5.38. The van der Waals surface area contributed by atoms with Crippen LogP contribution in [0, 0.1) is 11.3 Å². The molecule has 0 saturated heterocycles. The molecule has 0 aromatic heterocycles. The van der Waals surface area contributed by atoms with Crippen LogP contribution >= 0.6 is 0 Å². The molecule has 0 unspecified atom stereocenters. The predicted molar refractivity (Wildman–Crippen MR) is 68.9 cm³/mol. The maximum Gasteiger partial charge on any atom is 0.0918 e. The summed E-state index contributed by atoms with van der Waals surface area (Å²) in [4.78, 5) is 2.39. The molecule has 0 spiro atoms. The first-order valence-electron chi connectivity index (χ1n) is 6.10. The minimum Gasteiger partial charge on any atom is -0.388 e. The summed E-state index contributed by atoms with van der Waals surface area (Å²) >= 11 is 0. The van der Waals surface area contributed by atoms with E-state index in [1.165, 1.54) is 0 Å². The lowest BCUT2D eigenvalue weighted by Crippen LogP contribution is -2.32. The standard InChI is InChI=1S/C12H27N3O/c1-11(2)10-15(8-6-12(13)14)7-4-5-9-16-3/h11H,4-10H2,1-3H3,(H3,13,14). The van der Waals surface area contributed by atoms with E-state index < -0.39 is 0 Å². The van der Waals surface area contributed by atoms with E-state index in [-0.39, 0.29) is 5.84 Å². The Morgan fingerprint density at radius 2 is 2.00 bits per heavy atom. The van der Waals surface area contributed by atoms with Crippen molar-refractivity contribution in [3.63, 3.8) is 0 Å². The zero-order valence-electron chi connectivity index (χ0n) is 11.0. The molecule has 16 heavy (non-hydrogen) atoms. The minimum absolute atomic E-state index is 0.283. The molecule has 0 aromatic carbocycles. The Kier molecular flexibility index (Phi) is 9.24. The summed E-state index contributed by atoms with van der Waals surface area (Å²) in [5.74, 6) is 0.944. The molecule has 3 N–H and O–H groups in total. The fraction of sp³-hybridized carbons (Fsp3) is 0.917. The molecule has 0 radical (unpaired) electrons. The number of amidine groups is 1. The van der Waals surface area contributed by atoms with Crippen LogP contribution in [0.15, 0.2) is 0 Å². The molecule has 0 aromatic rings. The highest BCUT2D eigenvalue weighted by Gasteiger charge is 2.07. The van der Waals surface area contributed by atoms with Gasteiger partial charge in [-0.25, -0.2) is 0 Å². The average molecular weight is 229 g/mol. The highest BCUT2D eigenvalue weighted by atomic mass is 16.5. The Hall–Kier alpha value is -0.610. The maximum atomic E-state index is 7.24. The monoisotopic (exact) mass is 229 g/mol. The summed E-state index contributed by atoms with van der Waals surface area (Å²) in [6.45, 7) is 8.34. The van der Waals surface area contributed by atoms with Crippen molar-refractivity contribution >= 4 is 5.84 Å². The molecule has 0 bridgehead atoms. The second-order valence-electron chi connectivity index (χ2n) is 4.67. The Labute approximate surface area is 99.7 Å². The van der Waals surface area contributed by atoms with Gasteiger partial charge in [-0.1, -0.05) is 13.8 Å². The van der Waals surface area contributed by atoms with Gasteiger partial charge in [-0.15, -0.1) is 0 Å². The topological polar surface area (TPSA) is 62.3 Å². The van der Waals surface area contributed by atoms with Crippen LogP contribution in [0.1, 0.15) is 33.1 Å². The lowest BCUT2D eigenvalue weighted by molar-refractivity contribution is 0.181. The van der Waals surface area contributed by atoms with E-state index in [2.05, 4.69) is 18.7 Å². The number of hydrogen-bond acceptors (Lipinski definition) is 3. The quantitative estimate of drug-likeness (QED) is 0.340. The van der Waals surface area contributed by atoms with Gasteiger partial charge in [-0.2, -0.15) is 0 Å². The highest BCUT2D eigenvalue weighted by molar-refractivity contribution is 5.76. The molecule has 0 aliphatic heterocycles. The van der Waals surface area contributed by atoms with E-state index in [1.807, 2.05) is 0 Å². The third-order valence-electron chi connectivity index (χ3n) is 2.39. The number of methoxy groups -OCH3 is 1. The first kappa shape index (κ1) is 15.4. The summed E-state index contributed by atoms with van der Waals surface area (Å²) in [5, 5.41) is 7.24. The molecule has 0 aliphatic carbocycles. The van der Waals surface area contributed by atoms with Gasteiger partial charge in [0.15, 0.2) is 0 Å². The summed E-state index contributed by atoms with van der Waals surface area (Å²) in [6.07, 6.45) is 2.93. The van der Waals surface area contributed by atoms with E-state index in [0.717, 1.165) is 39.1 Å². The zero-order chi connectivity index (χ0) is 12.4. The number of unbranched alkanes of at least 4 members (excludes halogenated alkanes) is 1. The predicted octanol–water partition coefficient (Wildman–Crippen LogP) is 1.70.